The Bertz CT molecular complexity index is 1940. The Morgan fingerprint density at radius 1 is 0.691 bits per heavy atom. The molecule has 1 aliphatic rings. The van der Waals surface area contributed by atoms with Gasteiger partial charge in [-0.05, 0) is 58.5 Å². The lowest BCUT2D eigenvalue weighted by Crippen LogP contribution is -2.71. The molecular weight excluding hydrogens is 737 g/mol. The van der Waals surface area contributed by atoms with Crippen molar-refractivity contribution >= 4 is 11.6 Å². The lowest BCUT2D eigenvalue weighted by Gasteiger charge is -2.54. The fraction of sp³-hybridized carbons (Fsp3) is 0.302. The number of hydrogen-bond acceptors (Lipinski definition) is 8. The largest absolute Gasteiger partial charge is 0.484 e. The maximum atomic E-state index is 12.7. The summed E-state index contributed by atoms with van der Waals surface area (Å²) in [6, 6.07) is 39.6. The number of benzene rings is 5. The molecule has 0 saturated carbocycles. The topological polar surface area (TPSA) is 95.8 Å². The molecule has 290 valence electrons. The fourth-order valence-electron chi connectivity index (χ4n) is 6.54. The monoisotopic (exact) mass is 778 g/mol. The van der Waals surface area contributed by atoms with Gasteiger partial charge in [-0.3, -0.25) is 0 Å². The van der Waals surface area contributed by atoms with Crippen LogP contribution < -0.4 is 4.74 Å². The van der Waals surface area contributed by atoms with Gasteiger partial charge in [-0.2, -0.15) is 13.2 Å². The van der Waals surface area contributed by atoms with Crippen LogP contribution >= 0.6 is 11.6 Å². The molecular formula is C43H42ClF3O8. The zero-order valence-corrected chi connectivity index (χ0v) is 30.8. The molecule has 2 N–H and O–H groups in total. The zero-order valence-electron chi connectivity index (χ0n) is 30.0. The van der Waals surface area contributed by atoms with Gasteiger partial charge in [0.05, 0.1) is 26.4 Å². The van der Waals surface area contributed by atoms with Crippen LogP contribution in [0.25, 0.3) is 0 Å². The summed E-state index contributed by atoms with van der Waals surface area (Å²) in [5, 5.41) is 23.6. The second-order valence-electron chi connectivity index (χ2n) is 13.2. The Morgan fingerprint density at radius 3 is 1.73 bits per heavy atom. The minimum Gasteiger partial charge on any atom is -0.484 e. The average molecular weight is 779 g/mol. The van der Waals surface area contributed by atoms with Crippen LogP contribution in [0.2, 0.25) is 5.02 Å². The molecule has 5 atom stereocenters. The highest BCUT2D eigenvalue weighted by Crippen LogP contribution is 2.47. The maximum absolute atomic E-state index is 12.7. The van der Waals surface area contributed by atoms with Crippen LogP contribution in [0.1, 0.15) is 33.4 Å². The van der Waals surface area contributed by atoms with E-state index in [1.165, 1.54) is 19.2 Å². The van der Waals surface area contributed by atoms with Crippen molar-refractivity contribution in [2.45, 2.75) is 62.3 Å². The third-order valence-corrected chi connectivity index (χ3v) is 9.64. The Morgan fingerprint density at radius 2 is 1.22 bits per heavy atom. The zero-order chi connectivity index (χ0) is 38.9. The summed E-state index contributed by atoms with van der Waals surface area (Å²) < 4.78 is 75.6. The smallest absolute Gasteiger partial charge is 0.422 e. The van der Waals surface area contributed by atoms with Gasteiger partial charge in [0.2, 0.25) is 11.6 Å². The molecule has 5 unspecified atom stereocenters. The number of ether oxygens (including phenoxy) is 6. The van der Waals surface area contributed by atoms with E-state index in [4.69, 9.17) is 40.0 Å². The molecule has 0 spiro atoms. The summed E-state index contributed by atoms with van der Waals surface area (Å²) in [4.78, 5) is 0. The van der Waals surface area contributed by atoms with Crippen molar-refractivity contribution in [1.29, 1.82) is 0 Å². The third kappa shape index (κ3) is 10.1. The van der Waals surface area contributed by atoms with Gasteiger partial charge in [0.25, 0.3) is 0 Å². The highest BCUT2D eigenvalue weighted by atomic mass is 35.5. The standard InChI is InChI=1S/C43H42ClF3O8/c1-50-43(35-19-22-37(44)34(24-35)23-30-17-20-36(21-18-30)54-29-42(45,46)47)40(53-27-33-15-9-4-10-16-33)38(51-25-31-11-5-2-6-12-31)39(41(49,28-48)55-43)52-26-32-13-7-3-8-14-32/h2-22,24,38-40,48-49H,23,25-29H2,1H3. The number of rotatable bonds is 16. The number of halogens is 4. The first-order valence-corrected chi connectivity index (χ1v) is 18.0. The van der Waals surface area contributed by atoms with E-state index in [9.17, 15) is 23.4 Å². The Hall–Kier alpha value is -4.30. The number of methoxy groups -OCH3 is 1. The number of aliphatic hydroxyl groups is 2. The quantitative estimate of drug-likeness (QED) is 0.104. The minimum atomic E-state index is -4.46. The van der Waals surface area contributed by atoms with Gasteiger partial charge >= 0.3 is 6.18 Å². The van der Waals surface area contributed by atoms with Crippen molar-refractivity contribution in [1.82, 2.24) is 0 Å². The van der Waals surface area contributed by atoms with E-state index in [0.717, 1.165) is 22.3 Å². The molecule has 0 aliphatic carbocycles. The van der Waals surface area contributed by atoms with Crippen molar-refractivity contribution in [3.63, 3.8) is 0 Å². The van der Waals surface area contributed by atoms with Gasteiger partial charge in [0.1, 0.15) is 24.1 Å². The Labute approximate surface area is 322 Å². The molecule has 0 bridgehead atoms. The van der Waals surface area contributed by atoms with E-state index in [0.29, 0.717) is 16.1 Å². The van der Waals surface area contributed by atoms with Crippen LogP contribution in [0.5, 0.6) is 5.75 Å². The molecule has 5 aromatic rings. The molecule has 55 heavy (non-hydrogen) atoms. The fourth-order valence-corrected chi connectivity index (χ4v) is 6.72. The highest BCUT2D eigenvalue weighted by molar-refractivity contribution is 6.31. The number of alkyl halides is 3. The van der Waals surface area contributed by atoms with Crippen LogP contribution in [-0.4, -0.2) is 60.8 Å². The van der Waals surface area contributed by atoms with Crippen LogP contribution in [0.15, 0.2) is 133 Å². The van der Waals surface area contributed by atoms with Crippen molar-refractivity contribution < 1.29 is 51.8 Å². The molecule has 12 heteroatoms. The van der Waals surface area contributed by atoms with Gasteiger partial charge in [-0.25, -0.2) is 0 Å². The van der Waals surface area contributed by atoms with Crippen molar-refractivity contribution in [2.24, 2.45) is 0 Å². The van der Waals surface area contributed by atoms with Gasteiger partial charge in [0.15, 0.2) is 6.61 Å². The molecule has 0 radical (unpaired) electrons. The molecule has 1 heterocycles. The molecule has 1 aliphatic heterocycles. The number of aliphatic hydroxyl groups excluding tert-OH is 1. The second-order valence-corrected chi connectivity index (χ2v) is 13.6. The number of hydrogen-bond donors (Lipinski definition) is 2. The molecule has 8 nitrogen and oxygen atoms in total. The first-order valence-electron chi connectivity index (χ1n) is 17.6. The molecule has 6 rings (SSSR count). The third-order valence-electron chi connectivity index (χ3n) is 9.27. The predicted molar refractivity (Wildman–Crippen MR) is 199 cm³/mol. The van der Waals surface area contributed by atoms with E-state index in [1.807, 2.05) is 91.0 Å². The van der Waals surface area contributed by atoms with Gasteiger partial charge in [-0.1, -0.05) is 121 Å². The average Bonchev–Trinajstić information content (AvgIpc) is 3.20. The summed E-state index contributed by atoms with van der Waals surface area (Å²) in [6.07, 6.45) is -7.69. The van der Waals surface area contributed by atoms with Gasteiger partial charge in [0, 0.05) is 17.7 Å². The lowest BCUT2D eigenvalue weighted by atomic mass is 9.84. The van der Waals surface area contributed by atoms with Gasteiger partial charge < -0.3 is 38.6 Å². The maximum Gasteiger partial charge on any atom is 0.422 e. The summed E-state index contributed by atoms with van der Waals surface area (Å²) in [5.41, 5.74) is 4.24. The van der Waals surface area contributed by atoms with E-state index < -0.39 is 49.3 Å². The van der Waals surface area contributed by atoms with Crippen LogP contribution in [-0.2, 0) is 55.7 Å². The Kier molecular flexibility index (Phi) is 13.3. The summed E-state index contributed by atoms with van der Waals surface area (Å²) >= 11 is 6.74. The molecule has 5 aromatic carbocycles. The highest BCUT2D eigenvalue weighted by Gasteiger charge is 2.64. The molecule has 0 aromatic heterocycles. The normalized spacial score (nSPS) is 22.7. The summed E-state index contributed by atoms with van der Waals surface area (Å²) in [7, 11) is 1.41. The van der Waals surface area contributed by atoms with E-state index in [-0.39, 0.29) is 32.0 Å². The van der Waals surface area contributed by atoms with Crippen molar-refractivity contribution in [2.75, 3.05) is 20.3 Å². The summed E-state index contributed by atoms with van der Waals surface area (Å²) in [5.74, 6) is -4.21. The minimum absolute atomic E-state index is 0.0545. The van der Waals surface area contributed by atoms with Crippen LogP contribution in [0.3, 0.4) is 0 Å². The van der Waals surface area contributed by atoms with E-state index in [2.05, 4.69) is 0 Å². The van der Waals surface area contributed by atoms with Gasteiger partial charge in [-0.15, -0.1) is 0 Å². The van der Waals surface area contributed by atoms with Crippen molar-refractivity contribution in [3.05, 3.63) is 172 Å². The lowest BCUT2D eigenvalue weighted by molar-refractivity contribution is -0.457. The van der Waals surface area contributed by atoms with Crippen LogP contribution in [0, 0.1) is 0 Å². The first-order chi connectivity index (χ1) is 26.5. The molecule has 1 saturated heterocycles. The predicted octanol–water partition coefficient (Wildman–Crippen LogP) is 8.14. The second kappa shape index (κ2) is 18.1. The van der Waals surface area contributed by atoms with Crippen molar-refractivity contribution in [3.8, 4) is 5.75 Å². The van der Waals surface area contributed by atoms with Crippen LogP contribution in [0.4, 0.5) is 13.2 Å². The molecule has 0 amide bonds. The van der Waals surface area contributed by atoms with E-state index in [1.54, 1.807) is 30.3 Å². The SMILES string of the molecule is COC1(c2ccc(Cl)c(Cc3ccc(OCC(F)(F)F)cc3)c2)OC(O)(CO)C(OCc2ccccc2)C(OCc2ccccc2)C1OCc1ccccc1. The van der Waals surface area contributed by atoms with E-state index >= 15 is 0 Å². The first kappa shape index (κ1) is 40.4. The Balaban J connectivity index is 1.40. The molecule has 1 fully saturated rings. The summed E-state index contributed by atoms with van der Waals surface area (Å²) in [6.45, 7) is -2.05.